The molecule has 0 radical (unpaired) electrons. The van der Waals surface area contributed by atoms with Crippen molar-refractivity contribution in [3.8, 4) is 5.75 Å². The minimum absolute atomic E-state index is 0.0324. The van der Waals surface area contributed by atoms with Crippen molar-refractivity contribution in [2.24, 2.45) is 0 Å². The van der Waals surface area contributed by atoms with Crippen molar-refractivity contribution < 1.29 is 14.6 Å². The van der Waals surface area contributed by atoms with Gasteiger partial charge in [0.25, 0.3) is 5.91 Å². The van der Waals surface area contributed by atoms with Gasteiger partial charge >= 0.3 is 0 Å². The van der Waals surface area contributed by atoms with E-state index in [9.17, 15) is 9.90 Å². The average molecular weight is 332 g/mol. The molecule has 2 N–H and O–H groups in total. The van der Waals surface area contributed by atoms with Crippen molar-refractivity contribution in [1.29, 1.82) is 0 Å². The number of rotatable bonds is 6. The Morgan fingerprint density at radius 2 is 1.83 bits per heavy atom. The summed E-state index contributed by atoms with van der Waals surface area (Å²) in [5, 5.41) is 13.0. The van der Waals surface area contributed by atoms with E-state index in [-0.39, 0.29) is 18.6 Å². The lowest BCUT2D eigenvalue weighted by Crippen LogP contribution is -2.46. The summed E-state index contributed by atoms with van der Waals surface area (Å²) < 4.78 is 5.54. The van der Waals surface area contributed by atoms with Gasteiger partial charge in [0.15, 0.2) is 6.61 Å². The Bertz CT molecular complexity index is 553. The van der Waals surface area contributed by atoms with Crippen LogP contribution in [0.3, 0.4) is 0 Å². The standard InChI is InChI=1S/C19H28N2O3/c1-19(2,23)14-3-7-17(8-4-14)24-13-18(22)20-15-9-11-21(12-10-15)16-5-6-16/h3-4,7-8,15-16,23H,5-6,9-13H2,1-2H3,(H,20,22). The number of carbonyl (C=O) groups is 1. The first kappa shape index (κ1) is 17.2. The molecule has 1 aliphatic carbocycles. The lowest BCUT2D eigenvalue weighted by molar-refractivity contribution is -0.124. The monoisotopic (exact) mass is 332 g/mol. The average Bonchev–Trinajstić information content (AvgIpc) is 3.38. The number of aliphatic hydroxyl groups is 1. The summed E-state index contributed by atoms with van der Waals surface area (Å²) in [7, 11) is 0. The van der Waals surface area contributed by atoms with Crippen LogP contribution in [-0.4, -0.2) is 47.7 Å². The highest BCUT2D eigenvalue weighted by Gasteiger charge is 2.32. The lowest BCUT2D eigenvalue weighted by atomic mass is 9.99. The highest BCUT2D eigenvalue weighted by Crippen LogP contribution is 2.29. The topological polar surface area (TPSA) is 61.8 Å². The molecule has 1 aliphatic heterocycles. The van der Waals surface area contributed by atoms with Gasteiger partial charge < -0.3 is 20.1 Å². The van der Waals surface area contributed by atoms with Gasteiger partial charge in [0.05, 0.1) is 5.60 Å². The molecule has 1 heterocycles. The molecular weight excluding hydrogens is 304 g/mol. The van der Waals surface area contributed by atoms with Gasteiger partial charge in [-0.3, -0.25) is 4.79 Å². The van der Waals surface area contributed by atoms with Crippen molar-refractivity contribution in [2.45, 2.75) is 57.2 Å². The summed E-state index contributed by atoms with van der Waals surface area (Å²) in [4.78, 5) is 14.6. The van der Waals surface area contributed by atoms with Crippen LogP contribution in [0.4, 0.5) is 0 Å². The van der Waals surface area contributed by atoms with Crippen molar-refractivity contribution in [3.63, 3.8) is 0 Å². The van der Waals surface area contributed by atoms with E-state index in [4.69, 9.17) is 4.74 Å². The van der Waals surface area contributed by atoms with E-state index in [1.165, 1.54) is 12.8 Å². The molecule has 5 nitrogen and oxygen atoms in total. The van der Waals surface area contributed by atoms with Crippen LogP contribution in [0.25, 0.3) is 0 Å². The highest BCUT2D eigenvalue weighted by atomic mass is 16.5. The molecule has 24 heavy (non-hydrogen) atoms. The number of hydrogen-bond acceptors (Lipinski definition) is 4. The Labute approximate surface area is 144 Å². The summed E-state index contributed by atoms with van der Waals surface area (Å²) in [5.74, 6) is 0.577. The third-order valence-electron chi connectivity index (χ3n) is 4.89. The smallest absolute Gasteiger partial charge is 0.258 e. The van der Waals surface area contributed by atoms with E-state index in [1.807, 2.05) is 12.1 Å². The van der Waals surface area contributed by atoms with Gasteiger partial charge in [0, 0.05) is 25.2 Å². The molecule has 1 amide bonds. The summed E-state index contributed by atoms with van der Waals surface area (Å²) in [5.41, 5.74) is -0.0488. The molecule has 0 aromatic heterocycles. The van der Waals surface area contributed by atoms with Crippen molar-refractivity contribution in [1.82, 2.24) is 10.2 Å². The van der Waals surface area contributed by atoms with Crippen LogP contribution >= 0.6 is 0 Å². The number of ether oxygens (including phenoxy) is 1. The molecule has 1 aromatic carbocycles. The summed E-state index contributed by atoms with van der Waals surface area (Å²) in [6.45, 7) is 5.70. The fourth-order valence-corrected chi connectivity index (χ4v) is 3.23. The molecule has 2 aliphatic rings. The van der Waals surface area contributed by atoms with Crippen LogP contribution in [0.5, 0.6) is 5.75 Å². The Balaban J connectivity index is 1.39. The van der Waals surface area contributed by atoms with E-state index in [0.717, 1.165) is 37.5 Å². The SMILES string of the molecule is CC(C)(O)c1ccc(OCC(=O)NC2CCN(C3CC3)CC2)cc1. The van der Waals surface area contributed by atoms with E-state index in [0.29, 0.717) is 5.75 Å². The maximum atomic E-state index is 12.0. The van der Waals surface area contributed by atoms with Gasteiger partial charge in [-0.25, -0.2) is 0 Å². The van der Waals surface area contributed by atoms with Gasteiger partial charge in [0.1, 0.15) is 5.75 Å². The normalized spacial score (nSPS) is 20.0. The van der Waals surface area contributed by atoms with Crippen molar-refractivity contribution in [2.75, 3.05) is 19.7 Å². The second kappa shape index (κ2) is 7.11. The van der Waals surface area contributed by atoms with E-state index < -0.39 is 5.60 Å². The van der Waals surface area contributed by atoms with Crippen LogP contribution < -0.4 is 10.1 Å². The summed E-state index contributed by atoms with van der Waals surface area (Å²) in [6, 6.07) is 8.30. The quantitative estimate of drug-likeness (QED) is 0.837. The number of carbonyl (C=O) groups excluding carboxylic acids is 1. The van der Waals surface area contributed by atoms with Crippen LogP contribution in [0, 0.1) is 0 Å². The molecule has 1 saturated heterocycles. The second-order valence-corrected chi connectivity index (χ2v) is 7.48. The van der Waals surface area contributed by atoms with Crippen LogP contribution in [0.15, 0.2) is 24.3 Å². The number of benzene rings is 1. The third-order valence-corrected chi connectivity index (χ3v) is 4.89. The Morgan fingerprint density at radius 3 is 2.38 bits per heavy atom. The third kappa shape index (κ3) is 4.71. The number of piperidine rings is 1. The van der Waals surface area contributed by atoms with Gasteiger partial charge in [0.2, 0.25) is 0 Å². The van der Waals surface area contributed by atoms with Gasteiger partial charge in [-0.1, -0.05) is 12.1 Å². The minimum atomic E-state index is -0.870. The zero-order valence-electron chi connectivity index (χ0n) is 14.6. The number of nitrogens with zero attached hydrogens (tertiary/aromatic N) is 1. The minimum Gasteiger partial charge on any atom is -0.484 e. The predicted molar refractivity (Wildman–Crippen MR) is 92.9 cm³/mol. The zero-order chi connectivity index (χ0) is 17.2. The Morgan fingerprint density at radius 1 is 1.21 bits per heavy atom. The summed E-state index contributed by atoms with van der Waals surface area (Å²) >= 11 is 0. The van der Waals surface area contributed by atoms with Crippen LogP contribution in [-0.2, 0) is 10.4 Å². The molecule has 0 atom stereocenters. The van der Waals surface area contributed by atoms with E-state index >= 15 is 0 Å². The van der Waals surface area contributed by atoms with Gasteiger partial charge in [-0.05, 0) is 57.2 Å². The fraction of sp³-hybridized carbons (Fsp3) is 0.632. The number of amides is 1. The Hall–Kier alpha value is -1.59. The molecule has 2 fully saturated rings. The van der Waals surface area contributed by atoms with Crippen molar-refractivity contribution in [3.05, 3.63) is 29.8 Å². The first-order valence-corrected chi connectivity index (χ1v) is 8.91. The molecule has 1 aromatic rings. The van der Waals surface area contributed by atoms with Gasteiger partial charge in [-0.2, -0.15) is 0 Å². The molecule has 0 unspecified atom stereocenters. The van der Waals surface area contributed by atoms with E-state index in [2.05, 4.69) is 10.2 Å². The first-order chi connectivity index (χ1) is 11.4. The molecule has 1 saturated carbocycles. The molecule has 5 heteroatoms. The fourth-order valence-electron chi connectivity index (χ4n) is 3.23. The van der Waals surface area contributed by atoms with Crippen molar-refractivity contribution >= 4 is 5.91 Å². The summed E-state index contributed by atoms with van der Waals surface area (Å²) in [6.07, 6.45) is 4.75. The first-order valence-electron chi connectivity index (χ1n) is 8.91. The highest BCUT2D eigenvalue weighted by molar-refractivity contribution is 5.77. The number of nitrogens with one attached hydrogen (secondary N) is 1. The molecule has 132 valence electrons. The molecular formula is C19H28N2O3. The largest absolute Gasteiger partial charge is 0.484 e. The number of hydrogen-bond donors (Lipinski definition) is 2. The predicted octanol–water partition coefficient (Wildman–Crippen LogP) is 2.04. The van der Waals surface area contributed by atoms with Crippen LogP contribution in [0.1, 0.15) is 45.1 Å². The molecule has 0 spiro atoms. The van der Waals surface area contributed by atoms with Crippen LogP contribution in [0.2, 0.25) is 0 Å². The lowest BCUT2D eigenvalue weighted by Gasteiger charge is -2.32. The van der Waals surface area contributed by atoms with E-state index in [1.54, 1.807) is 26.0 Å². The maximum Gasteiger partial charge on any atom is 0.258 e. The maximum absolute atomic E-state index is 12.0. The Kier molecular flexibility index (Phi) is 5.11. The number of likely N-dealkylation sites (tertiary alicyclic amines) is 1. The molecule has 0 bridgehead atoms. The second-order valence-electron chi connectivity index (χ2n) is 7.48. The zero-order valence-corrected chi connectivity index (χ0v) is 14.6. The van der Waals surface area contributed by atoms with Gasteiger partial charge in [-0.15, -0.1) is 0 Å². The molecule has 3 rings (SSSR count).